The van der Waals surface area contributed by atoms with Crippen molar-refractivity contribution in [2.45, 2.75) is 48.5 Å². The highest BCUT2D eigenvalue weighted by Crippen LogP contribution is 2.29. The molecule has 0 aromatic rings. The Morgan fingerprint density at radius 2 is 1.40 bits per heavy atom. The van der Waals surface area contributed by atoms with Gasteiger partial charge in [-0.3, -0.25) is 0 Å². The minimum atomic E-state index is -0.0137. The Hall–Kier alpha value is -0.920. The first-order chi connectivity index (χ1) is 6.59. The smallest absolute Gasteiger partial charge is 0.0641 e. The van der Waals surface area contributed by atoms with Gasteiger partial charge in [-0.1, -0.05) is 54.2 Å². The van der Waals surface area contributed by atoms with E-state index < -0.39 is 0 Å². The molecule has 0 aromatic heterocycles. The zero-order valence-electron chi connectivity index (χ0n) is 11.2. The van der Waals surface area contributed by atoms with E-state index >= 15 is 0 Å². The van der Waals surface area contributed by atoms with Crippen molar-refractivity contribution in [3.05, 3.63) is 24.0 Å². The molecule has 0 unspecified atom stereocenters. The summed E-state index contributed by atoms with van der Waals surface area (Å²) in [5.74, 6) is 0. The van der Waals surface area contributed by atoms with Crippen molar-refractivity contribution >= 4 is 0 Å². The van der Waals surface area contributed by atoms with E-state index in [4.69, 9.17) is 0 Å². The van der Waals surface area contributed by atoms with Gasteiger partial charge < -0.3 is 0 Å². The Kier molecular flexibility index (Phi) is 4.44. The molecule has 0 atom stereocenters. The summed E-state index contributed by atoms with van der Waals surface area (Å²) in [5, 5.41) is 8.46. The summed E-state index contributed by atoms with van der Waals surface area (Å²) in [6, 6.07) is 0. The summed E-state index contributed by atoms with van der Waals surface area (Å²) in [4.78, 5) is 0. The van der Waals surface area contributed by atoms with Crippen molar-refractivity contribution in [1.29, 1.82) is 0 Å². The van der Waals surface area contributed by atoms with Crippen LogP contribution in [0.3, 0.4) is 0 Å². The van der Waals surface area contributed by atoms with Gasteiger partial charge in [-0.25, -0.2) is 0 Å². The summed E-state index contributed by atoms with van der Waals surface area (Å²) in [5.41, 5.74) is 1.83. The average molecular weight is 208 g/mol. The van der Waals surface area contributed by atoms with Crippen LogP contribution in [0.25, 0.3) is 0 Å². The molecular weight excluding hydrogens is 184 g/mol. The van der Waals surface area contributed by atoms with E-state index in [9.17, 15) is 0 Å². The lowest BCUT2D eigenvalue weighted by Gasteiger charge is -2.20. The lowest BCUT2D eigenvalue weighted by atomic mass is 9.92. The Morgan fingerprint density at radius 3 is 1.67 bits per heavy atom. The van der Waals surface area contributed by atoms with Crippen LogP contribution >= 0.6 is 0 Å². The molecule has 0 saturated heterocycles. The molecule has 0 rings (SSSR count). The van der Waals surface area contributed by atoms with Crippen LogP contribution in [0.15, 0.2) is 34.3 Å². The van der Waals surface area contributed by atoms with E-state index in [2.05, 4.69) is 58.3 Å². The maximum Gasteiger partial charge on any atom is 0.0641 e. The van der Waals surface area contributed by atoms with Gasteiger partial charge in [0.25, 0.3) is 0 Å². The van der Waals surface area contributed by atoms with Gasteiger partial charge in [0.05, 0.1) is 11.4 Å². The number of nitrogens with zero attached hydrogens (tertiary/aromatic N) is 2. The molecule has 0 radical (unpaired) electrons. The number of rotatable bonds is 2. The van der Waals surface area contributed by atoms with E-state index in [1.807, 2.05) is 13.0 Å². The van der Waals surface area contributed by atoms with Gasteiger partial charge in [0, 0.05) is 10.8 Å². The first-order valence-corrected chi connectivity index (χ1v) is 5.37. The maximum atomic E-state index is 4.27. The lowest BCUT2D eigenvalue weighted by Crippen LogP contribution is -2.09. The Morgan fingerprint density at radius 1 is 0.933 bits per heavy atom. The second kappa shape index (κ2) is 4.73. The third-order valence-corrected chi connectivity index (χ3v) is 2.19. The van der Waals surface area contributed by atoms with Crippen molar-refractivity contribution in [3.8, 4) is 0 Å². The van der Waals surface area contributed by atoms with Gasteiger partial charge >= 0.3 is 0 Å². The van der Waals surface area contributed by atoms with Crippen LogP contribution < -0.4 is 0 Å². The molecule has 0 bridgehead atoms. The van der Waals surface area contributed by atoms with E-state index in [0.717, 1.165) is 11.4 Å². The van der Waals surface area contributed by atoms with Crippen LogP contribution in [-0.4, -0.2) is 0 Å². The molecule has 0 saturated carbocycles. The predicted molar refractivity (Wildman–Crippen MR) is 66.7 cm³/mol. The minimum Gasteiger partial charge on any atom is -0.155 e. The molecule has 0 aliphatic rings. The molecule has 0 aromatic carbocycles. The number of hydrogen-bond donors (Lipinski definition) is 0. The summed E-state index contributed by atoms with van der Waals surface area (Å²) in [7, 11) is 0. The van der Waals surface area contributed by atoms with Crippen LogP contribution in [-0.2, 0) is 0 Å². The molecule has 0 spiro atoms. The van der Waals surface area contributed by atoms with Crippen molar-refractivity contribution in [3.63, 3.8) is 0 Å². The second-order valence-electron chi connectivity index (χ2n) is 5.82. The summed E-state index contributed by atoms with van der Waals surface area (Å²) < 4.78 is 0. The molecule has 0 N–H and O–H groups in total. The zero-order chi connectivity index (χ0) is 12.3. The normalized spacial score (nSPS) is 14.7. The second-order valence-corrected chi connectivity index (χ2v) is 5.82. The van der Waals surface area contributed by atoms with E-state index in [1.54, 1.807) is 0 Å². The minimum absolute atomic E-state index is 0.0137. The van der Waals surface area contributed by atoms with Gasteiger partial charge in [0.1, 0.15) is 0 Å². The fraction of sp³-hybridized carbons (Fsp3) is 0.692. The van der Waals surface area contributed by atoms with Crippen LogP contribution in [0.1, 0.15) is 48.5 Å². The van der Waals surface area contributed by atoms with E-state index in [-0.39, 0.29) is 10.8 Å². The third-order valence-electron chi connectivity index (χ3n) is 2.19. The molecule has 0 aliphatic carbocycles. The lowest BCUT2D eigenvalue weighted by molar-refractivity contribution is 0.472. The number of hydrogen-bond acceptors (Lipinski definition) is 2. The molecule has 86 valence electrons. The summed E-state index contributed by atoms with van der Waals surface area (Å²) >= 11 is 0. The Bertz CT molecular complexity index is 283. The van der Waals surface area contributed by atoms with Crippen LogP contribution in [0.4, 0.5) is 0 Å². The summed E-state index contributed by atoms with van der Waals surface area (Å²) in [6.45, 7) is 18.5. The first-order valence-electron chi connectivity index (χ1n) is 5.37. The Labute approximate surface area is 94.2 Å². The van der Waals surface area contributed by atoms with Gasteiger partial charge in [0.15, 0.2) is 0 Å². The van der Waals surface area contributed by atoms with Gasteiger partial charge in [-0.05, 0) is 6.92 Å². The standard InChI is InChI=1S/C13H24N2/c1-9-11(13(6,7)8)15-14-10(2)12(3,4)5/h9H,2H2,1,3-8H3/b11-9-,15-14?. The fourth-order valence-electron chi connectivity index (χ4n) is 0.905. The molecular formula is C13H24N2. The van der Waals surface area contributed by atoms with E-state index in [1.165, 1.54) is 0 Å². The third kappa shape index (κ3) is 4.91. The summed E-state index contributed by atoms with van der Waals surface area (Å²) in [6.07, 6.45) is 2.00. The van der Waals surface area contributed by atoms with Crippen LogP contribution in [0.5, 0.6) is 0 Å². The molecule has 0 aliphatic heterocycles. The first kappa shape index (κ1) is 14.1. The highest BCUT2D eigenvalue weighted by atomic mass is 15.1. The van der Waals surface area contributed by atoms with Gasteiger partial charge in [-0.2, -0.15) is 10.2 Å². The van der Waals surface area contributed by atoms with Crippen molar-refractivity contribution in [2.75, 3.05) is 0 Å². The Balaban J connectivity index is 4.75. The highest BCUT2D eigenvalue weighted by molar-refractivity contribution is 5.09. The molecule has 0 amide bonds. The predicted octanol–water partition coefficient (Wildman–Crippen LogP) is 4.95. The molecule has 2 nitrogen and oxygen atoms in total. The van der Waals surface area contributed by atoms with Crippen molar-refractivity contribution in [2.24, 2.45) is 21.1 Å². The largest absolute Gasteiger partial charge is 0.155 e. The number of azo groups is 1. The molecule has 0 heterocycles. The average Bonchev–Trinajstić information content (AvgIpc) is 2.00. The fourth-order valence-corrected chi connectivity index (χ4v) is 0.905. The monoisotopic (exact) mass is 208 g/mol. The SMILES string of the molecule is C=C(N=N/C(=C\C)C(C)(C)C)C(C)(C)C. The van der Waals surface area contributed by atoms with Crippen LogP contribution in [0, 0.1) is 10.8 Å². The molecule has 15 heavy (non-hydrogen) atoms. The number of allylic oxidation sites excluding steroid dienone is 3. The van der Waals surface area contributed by atoms with Crippen molar-refractivity contribution in [1.82, 2.24) is 0 Å². The molecule has 0 fully saturated rings. The maximum absolute atomic E-state index is 4.27. The zero-order valence-corrected chi connectivity index (χ0v) is 11.2. The topological polar surface area (TPSA) is 24.7 Å². The van der Waals surface area contributed by atoms with Gasteiger partial charge in [-0.15, -0.1) is 0 Å². The van der Waals surface area contributed by atoms with Crippen molar-refractivity contribution < 1.29 is 0 Å². The van der Waals surface area contributed by atoms with E-state index in [0.29, 0.717) is 0 Å². The van der Waals surface area contributed by atoms with Crippen LogP contribution in [0.2, 0.25) is 0 Å². The van der Waals surface area contributed by atoms with Gasteiger partial charge in [0.2, 0.25) is 0 Å². The quantitative estimate of drug-likeness (QED) is 0.574. The molecule has 2 heteroatoms. The highest BCUT2D eigenvalue weighted by Gasteiger charge is 2.18.